The molecule has 2 aromatic carbocycles. The summed E-state index contributed by atoms with van der Waals surface area (Å²) in [5.41, 5.74) is 13.3. The Morgan fingerprint density at radius 1 is 1.13 bits per heavy atom. The van der Waals surface area contributed by atoms with E-state index in [4.69, 9.17) is 20.0 Å². The van der Waals surface area contributed by atoms with Crippen molar-refractivity contribution in [2.75, 3.05) is 17.7 Å². The number of ether oxygens (including phenoxy) is 1. The molecule has 0 unspecified atom stereocenters. The molecule has 0 saturated heterocycles. The van der Waals surface area contributed by atoms with E-state index in [-0.39, 0.29) is 17.9 Å². The van der Waals surface area contributed by atoms with Gasteiger partial charge in [-0.1, -0.05) is 18.2 Å². The first-order chi connectivity index (χ1) is 18.9. The molecule has 3 heterocycles. The summed E-state index contributed by atoms with van der Waals surface area (Å²) in [6.45, 7) is 6.31. The number of aromatic nitrogens is 5. The Labute approximate surface area is 225 Å². The van der Waals surface area contributed by atoms with Crippen molar-refractivity contribution in [3.63, 3.8) is 0 Å². The first kappa shape index (κ1) is 24.8. The van der Waals surface area contributed by atoms with Gasteiger partial charge in [0.05, 0.1) is 24.0 Å². The van der Waals surface area contributed by atoms with Crippen LogP contribution in [0.1, 0.15) is 49.8 Å². The van der Waals surface area contributed by atoms with E-state index in [1.54, 1.807) is 0 Å². The fraction of sp³-hybridized carbons (Fsp3) is 0.345. The average molecular weight is 526 g/mol. The molecule has 39 heavy (non-hydrogen) atoms. The second-order valence-electron chi connectivity index (χ2n) is 10.2. The first-order valence-electron chi connectivity index (χ1n) is 13.3. The number of oxazole rings is 1. The highest BCUT2D eigenvalue weighted by atomic mass is 16.5. The average Bonchev–Trinajstić information content (AvgIpc) is 3.52. The smallest absolute Gasteiger partial charge is 0.308 e. The summed E-state index contributed by atoms with van der Waals surface area (Å²) in [4.78, 5) is 25.6. The Kier molecular flexibility index (Phi) is 6.38. The van der Waals surface area contributed by atoms with Crippen LogP contribution in [0.3, 0.4) is 0 Å². The van der Waals surface area contributed by atoms with Crippen LogP contribution in [0.5, 0.6) is 0 Å². The fourth-order valence-corrected chi connectivity index (χ4v) is 5.53. The molecule has 1 aliphatic carbocycles. The molecule has 1 saturated carbocycles. The molecule has 200 valence electrons. The van der Waals surface area contributed by atoms with Crippen LogP contribution in [0.25, 0.3) is 33.4 Å². The highest BCUT2D eigenvalue weighted by Gasteiger charge is 2.30. The number of nitrogens with one attached hydrogen (secondary N) is 1. The van der Waals surface area contributed by atoms with Crippen molar-refractivity contribution >= 4 is 45.6 Å². The number of nitrogens with zero attached hydrogens (tertiary/aromatic N) is 5. The van der Waals surface area contributed by atoms with E-state index in [1.807, 2.05) is 55.8 Å². The predicted molar refractivity (Wildman–Crippen MR) is 150 cm³/mol. The minimum absolute atomic E-state index is 0.0589. The van der Waals surface area contributed by atoms with Gasteiger partial charge in [0.25, 0.3) is 6.01 Å². The predicted octanol–water partition coefficient (Wildman–Crippen LogP) is 5.87. The molecule has 0 aliphatic heterocycles. The number of nitrogen functional groups attached to an aromatic ring is 1. The van der Waals surface area contributed by atoms with Gasteiger partial charge in [0.1, 0.15) is 23.4 Å². The van der Waals surface area contributed by atoms with Gasteiger partial charge in [0.15, 0.2) is 11.2 Å². The second kappa shape index (κ2) is 10.0. The fourth-order valence-electron chi connectivity index (χ4n) is 5.53. The number of carbonyl (C=O) groups is 1. The zero-order chi connectivity index (χ0) is 27.1. The maximum Gasteiger partial charge on any atom is 0.308 e. The third-order valence-electron chi connectivity index (χ3n) is 7.41. The molecule has 3 N–H and O–H groups in total. The SMILES string of the molecule is CCOC(=O)C1CCC(n2nc(-c3ccc(Nc4nc5cc(C)cc(C)c5o4)cc3)c3c(N)ncnc32)CC1. The molecule has 0 spiro atoms. The molecule has 0 bridgehead atoms. The normalized spacial score (nSPS) is 17.5. The molecule has 0 amide bonds. The summed E-state index contributed by atoms with van der Waals surface area (Å²) in [7, 11) is 0. The molecule has 0 atom stereocenters. The summed E-state index contributed by atoms with van der Waals surface area (Å²) in [5.74, 6) is 0.225. The summed E-state index contributed by atoms with van der Waals surface area (Å²) < 4.78 is 13.1. The first-order valence-corrected chi connectivity index (χ1v) is 13.3. The molecule has 10 nitrogen and oxygen atoms in total. The van der Waals surface area contributed by atoms with Gasteiger partial charge in [-0.05, 0) is 75.8 Å². The number of benzene rings is 2. The van der Waals surface area contributed by atoms with Crippen LogP contribution in [0.2, 0.25) is 0 Å². The van der Waals surface area contributed by atoms with Crippen molar-refractivity contribution in [1.29, 1.82) is 0 Å². The Morgan fingerprint density at radius 2 is 1.90 bits per heavy atom. The molecular weight excluding hydrogens is 494 g/mol. The minimum atomic E-state index is -0.106. The third kappa shape index (κ3) is 4.67. The van der Waals surface area contributed by atoms with E-state index in [1.165, 1.54) is 6.33 Å². The lowest BCUT2D eigenvalue weighted by atomic mass is 9.86. The quantitative estimate of drug-likeness (QED) is 0.261. The van der Waals surface area contributed by atoms with Gasteiger partial charge in [0.2, 0.25) is 0 Å². The van der Waals surface area contributed by atoms with Crippen molar-refractivity contribution in [2.45, 2.75) is 52.5 Å². The second-order valence-corrected chi connectivity index (χ2v) is 10.2. The maximum atomic E-state index is 12.2. The van der Waals surface area contributed by atoms with Gasteiger partial charge < -0.3 is 20.2 Å². The van der Waals surface area contributed by atoms with Crippen molar-refractivity contribution < 1.29 is 13.9 Å². The van der Waals surface area contributed by atoms with Crippen LogP contribution in [0.4, 0.5) is 17.5 Å². The van der Waals surface area contributed by atoms with Crippen LogP contribution in [-0.2, 0) is 9.53 Å². The highest BCUT2D eigenvalue weighted by molar-refractivity contribution is 5.98. The largest absolute Gasteiger partial charge is 0.466 e. The van der Waals surface area contributed by atoms with Gasteiger partial charge >= 0.3 is 5.97 Å². The van der Waals surface area contributed by atoms with Gasteiger partial charge in [-0.2, -0.15) is 10.1 Å². The lowest BCUT2D eigenvalue weighted by Crippen LogP contribution is -2.25. The van der Waals surface area contributed by atoms with E-state index < -0.39 is 0 Å². The summed E-state index contributed by atoms with van der Waals surface area (Å²) >= 11 is 0. The molecule has 10 heteroatoms. The number of carbonyl (C=O) groups excluding carboxylic acids is 1. The van der Waals surface area contributed by atoms with Crippen LogP contribution < -0.4 is 11.1 Å². The van der Waals surface area contributed by atoms with Crippen molar-refractivity contribution in [1.82, 2.24) is 24.7 Å². The number of hydrogen-bond acceptors (Lipinski definition) is 9. The van der Waals surface area contributed by atoms with Gasteiger partial charge in [-0.25, -0.2) is 14.6 Å². The number of anilines is 3. The molecule has 5 aromatic rings. The Balaban J connectivity index is 1.26. The number of fused-ring (bicyclic) bond motifs is 2. The van der Waals surface area contributed by atoms with Crippen molar-refractivity contribution in [3.05, 3.63) is 53.9 Å². The number of nitrogens with two attached hydrogens (primary N) is 1. The van der Waals surface area contributed by atoms with E-state index in [2.05, 4.69) is 26.3 Å². The molecule has 0 radical (unpaired) electrons. The topological polar surface area (TPSA) is 134 Å². The zero-order valence-corrected chi connectivity index (χ0v) is 22.3. The van der Waals surface area contributed by atoms with E-state index in [0.29, 0.717) is 24.1 Å². The lowest BCUT2D eigenvalue weighted by Gasteiger charge is -2.27. The van der Waals surface area contributed by atoms with Gasteiger partial charge in [-0.15, -0.1) is 0 Å². The molecule has 3 aromatic heterocycles. The molecule has 1 aliphatic rings. The van der Waals surface area contributed by atoms with Crippen LogP contribution in [0, 0.1) is 19.8 Å². The number of rotatable bonds is 6. The lowest BCUT2D eigenvalue weighted by molar-refractivity contribution is -0.149. The maximum absolute atomic E-state index is 12.2. The highest BCUT2D eigenvalue weighted by Crippen LogP contribution is 2.38. The summed E-state index contributed by atoms with van der Waals surface area (Å²) in [6, 6.07) is 12.5. The van der Waals surface area contributed by atoms with Gasteiger partial charge in [0, 0.05) is 11.3 Å². The number of hydrogen-bond donors (Lipinski definition) is 2. The van der Waals surface area contributed by atoms with E-state index in [0.717, 1.165) is 70.2 Å². The Morgan fingerprint density at radius 3 is 2.64 bits per heavy atom. The Bertz CT molecular complexity index is 1660. The summed E-state index contributed by atoms with van der Waals surface area (Å²) in [5, 5.41) is 8.97. The number of aryl methyl sites for hydroxylation is 2. The van der Waals surface area contributed by atoms with Gasteiger partial charge in [-0.3, -0.25) is 4.79 Å². The minimum Gasteiger partial charge on any atom is -0.466 e. The zero-order valence-electron chi connectivity index (χ0n) is 22.3. The van der Waals surface area contributed by atoms with E-state index >= 15 is 0 Å². The third-order valence-corrected chi connectivity index (χ3v) is 7.41. The van der Waals surface area contributed by atoms with Crippen molar-refractivity contribution in [3.8, 4) is 11.3 Å². The standard InChI is InChI=1S/C29H31N7O3/c1-4-38-28(37)19-7-11-21(12-8-19)36-27-23(26(30)31-15-32-27)24(35-36)18-5-9-20(10-6-18)33-29-34-22-14-16(2)13-17(3)25(22)39-29/h5-6,9-10,13-15,19,21H,4,7-8,11-12H2,1-3H3,(H,33,34)(H2,30,31,32). The van der Waals surface area contributed by atoms with E-state index in [9.17, 15) is 4.79 Å². The Hall–Kier alpha value is -4.47. The van der Waals surface area contributed by atoms with Crippen LogP contribution in [0.15, 0.2) is 47.1 Å². The van der Waals surface area contributed by atoms with Crippen molar-refractivity contribution in [2.24, 2.45) is 5.92 Å². The molecule has 1 fully saturated rings. The summed E-state index contributed by atoms with van der Waals surface area (Å²) in [6.07, 6.45) is 4.62. The molecule has 6 rings (SSSR count). The number of esters is 1. The van der Waals surface area contributed by atoms with Crippen LogP contribution in [-0.4, -0.2) is 37.3 Å². The monoisotopic (exact) mass is 525 g/mol. The molecular formula is C29H31N7O3. The van der Waals surface area contributed by atoms with Crippen LogP contribution >= 0.6 is 0 Å².